The summed E-state index contributed by atoms with van der Waals surface area (Å²) in [7, 11) is 0. The Morgan fingerprint density at radius 3 is 2.79 bits per heavy atom. The van der Waals surface area contributed by atoms with Crippen LogP contribution in [0.2, 0.25) is 5.02 Å². The van der Waals surface area contributed by atoms with Crippen molar-refractivity contribution in [1.82, 2.24) is 19.7 Å². The van der Waals surface area contributed by atoms with Gasteiger partial charge in [-0.25, -0.2) is 9.37 Å². The molecule has 4 aromatic rings. The fourth-order valence-electron chi connectivity index (χ4n) is 3.30. The van der Waals surface area contributed by atoms with Gasteiger partial charge in [-0.15, -0.1) is 0 Å². The van der Waals surface area contributed by atoms with Crippen molar-refractivity contribution < 1.29 is 13.7 Å². The molecule has 0 aliphatic carbocycles. The third-order valence-corrected chi connectivity index (χ3v) is 5.06. The second-order valence-electron chi connectivity index (χ2n) is 6.42. The highest BCUT2D eigenvalue weighted by atomic mass is 35.5. The molecule has 0 amide bonds. The van der Waals surface area contributed by atoms with Gasteiger partial charge in [-0.1, -0.05) is 47.1 Å². The van der Waals surface area contributed by atoms with Gasteiger partial charge in [0.15, 0.2) is 5.69 Å². The molecule has 0 spiro atoms. The molecule has 3 heterocycles. The predicted octanol–water partition coefficient (Wildman–Crippen LogP) is 4.66. The van der Waals surface area contributed by atoms with E-state index in [9.17, 15) is 4.39 Å². The molecule has 28 heavy (non-hydrogen) atoms. The summed E-state index contributed by atoms with van der Waals surface area (Å²) < 4.78 is 27.3. The normalized spacial score (nSPS) is 16.1. The van der Waals surface area contributed by atoms with E-state index in [1.165, 1.54) is 6.07 Å². The van der Waals surface area contributed by atoms with Crippen molar-refractivity contribution >= 4 is 11.6 Å². The smallest absolute Gasteiger partial charge is 0.278 e. The lowest BCUT2D eigenvalue weighted by Crippen LogP contribution is -2.21. The lowest BCUT2D eigenvalue weighted by Gasteiger charge is -2.25. The first-order valence-electron chi connectivity index (χ1n) is 8.69. The van der Waals surface area contributed by atoms with Crippen LogP contribution < -0.4 is 0 Å². The summed E-state index contributed by atoms with van der Waals surface area (Å²) in [5, 5.41) is 4.56. The number of benzene rings is 2. The number of nitrogens with zero attached hydrogens (tertiary/aromatic N) is 4. The van der Waals surface area contributed by atoms with Crippen molar-refractivity contribution in [2.75, 3.05) is 0 Å². The van der Waals surface area contributed by atoms with Crippen LogP contribution in [-0.2, 0) is 17.9 Å². The molecule has 1 atom stereocenters. The zero-order chi connectivity index (χ0) is 19.1. The van der Waals surface area contributed by atoms with Gasteiger partial charge in [-0.05, 0) is 18.2 Å². The number of fused-ring (bicyclic) bond motifs is 1. The van der Waals surface area contributed by atoms with Crippen molar-refractivity contribution in [3.05, 3.63) is 77.0 Å². The van der Waals surface area contributed by atoms with Crippen LogP contribution in [-0.4, -0.2) is 19.7 Å². The highest BCUT2D eigenvalue weighted by Crippen LogP contribution is 2.33. The molecule has 2 aromatic carbocycles. The van der Waals surface area contributed by atoms with Crippen LogP contribution in [0.4, 0.5) is 4.39 Å². The van der Waals surface area contributed by atoms with E-state index in [1.807, 2.05) is 22.8 Å². The Hall–Kier alpha value is -3.03. The molecule has 140 valence electrons. The lowest BCUT2D eigenvalue weighted by molar-refractivity contribution is 0.00126. The van der Waals surface area contributed by atoms with E-state index in [1.54, 1.807) is 30.6 Å². The largest absolute Gasteiger partial charge is 0.365 e. The molecular weight excluding hydrogens is 383 g/mol. The maximum atomic E-state index is 14.1. The van der Waals surface area contributed by atoms with Crippen LogP contribution in [0, 0.1) is 5.82 Å². The number of imidazole rings is 1. The van der Waals surface area contributed by atoms with Gasteiger partial charge in [-0.2, -0.15) is 4.98 Å². The van der Waals surface area contributed by atoms with Crippen LogP contribution in [0.25, 0.3) is 23.0 Å². The molecule has 5 rings (SSSR count). The average Bonchev–Trinajstić information content (AvgIpc) is 3.35. The van der Waals surface area contributed by atoms with E-state index < -0.39 is 0 Å². The van der Waals surface area contributed by atoms with Crippen LogP contribution >= 0.6 is 11.6 Å². The van der Waals surface area contributed by atoms with Crippen LogP contribution in [0.3, 0.4) is 0 Å². The van der Waals surface area contributed by atoms with Gasteiger partial charge < -0.3 is 13.8 Å². The third kappa shape index (κ3) is 2.89. The van der Waals surface area contributed by atoms with E-state index in [0.717, 1.165) is 5.69 Å². The van der Waals surface area contributed by atoms with E-state index in [4.69, 9.17) is 20.9 Å². The molecule has 0 N–H and O–H groups in total. The van der Waals surface area contributed by atoms with Gasteiger partial charge in [0.05, 0.1) is 30.2 Å². The Morgan fingerprint density at radius 2 is 1.93 bits per heavy atom. The molecule has 8 heteroatoms. The third-order valence-electron chi connectivity index (χ3n) is 4.73. The standard InChI is InChI=1S/C20H14ClFN4O2/c21-14-7-3-1-5-12(14)19-24-20(28-25-19)18-16-10-27-17(9-26(16)11-23-18)13-6-2-4-8-15(13)22/h1-8,11,17H,9-10H2/t17-/m1/s1. The number of rotatable bonds is 3. The fraction of sp³-hybridized carbons (Fsp3) is 0.150. The first kappa shape index (κ1) is 17.1. The summed E-state index contributed by atoms with van der Waals surface area (Å²) in [5.41, 5.74) is 2.57. The van der Waals surface area contributed by atoms with Crippen molar-refractivity contribution in [1.29, 1.82) is 0 Å². The van der Waals surface area contributed by atoms with Crippen LogP contribution in [0.15, 0.2) is 59.4 Å². The molecule has 0 unspecified atom stereocenters. The van der Waals surface area contributed by atoms with Crippen LogP contribution in [0.1, 0.15) is 17.4 Å². The molecule has 0 bridgehead atoms. The minimum atomic E-state index is -0.378. The molecule has 0 saturated heterocycles. The van der Waals surface area contributed by atoms with E-state index >= 15 is 0 Å². The highest BCUT2D eigenvalue weighted by Gasteiger charge is 2.28. The molecule has 2 aromatic heterocycles. The Labute approximate surface area is 164 Å². The second kappa shape index (κ2) is 6.85. The van der Waals surface area contributed by atoms with Gasteiger partial charge in [0.25, 0.3) is 5.89 Å². The zero-order valence-corrected chi connectivity index (χ0v) is 15.3. The average molecular weight is 397 g/mol. The first-order valence-corrected chi connectivity index (χ1v) is 9.07. The molecule has 1 aliphatic rings. The summed E-state index contributed by atoms with van der Waals surface area (Å²) in [6, 6.07) is 13.9. The Kier molecular flexibility index (Phi) is 4.18. The monoisotopic (exact) mass is 396 g/mol. The summed E-state index contributed by atoms with van der Waals surface area (Å²) in [6.45, 7) is 0.715. The van der Waals surface area contributed by atoms with Gasteiger partial charge in [-0.3, -0.25) is 0 Å². The lowest BCUT2D eigenvalue weighted by atomic mass is 10.1. The topological polar surface area (TPSA) is 66.0 Å². The number of halogens is 2. The summed E-state index contributed by atoms with van der Waals surface area (Å²) in [5.74, 6) is 0.400. The second-order valence-corrected chi connectivity index (χ2v) is 6.82. The maximum Gasteiger partial charge on any atom is 0.278 e. The Bertz CT molecular complexity index is 1160. The van der Waals surface area contributed by atoms with Crippen molar-refractivity contribution in [3.8, 4) is 23.0 Å². The van der Waals surface area contributed by atoms with Gasteiger partial charge >= 0.3 is 0 Å². The first-order chi connectivity index (χ1) is 13.7. The SMILES string of the molecule is Fc1ccccc1[C@H]1Cn2cnc(-c3nc(-c4ccccc4Cl)no3)c2CO1. The number of aromatic nitrogens is 4. The quantitative estimate of drug-likeness (QED) is 0.503. The van der Waals surface area contributed by atoms with Gasteiger partial charge in [0.2, 0.25) is 5.82 Å². The highest BCUT2D eigenvalue weighted by molar-refractivity contribution is 6.33. The minimum Gasteiger partial charge on any atom is -0.365 e. The fourth-order valence-corrected chi connectivity index (χ4v) is 3.52. The van der Waals surface area contributed by atoms with Gasteiger partial charge in [0.1, 0.15) is 11.9 Å². The van der Waals surface area contributed by atoms with E-state index in [-0.39, 0.29) is 24.4 Å². The molecular formula is C20H14ClFN4O2. The summed E-state index contributed by atoms with van der Waals surface area (Å²) >= 11 is 6.20. The molecule has 0 radical (unpaired) electrons. The number of ether oxygens (including phenoxy) is 1. The predicted molar refractivity (Wildman–Crippen MR) is 99.9 cm³/mol. The van der Waals surface area contributed by atoms with E-state index in [2.05, 4.69) is 15.1 Å². The summed E-state index contributed by atoms with van der Waals surface area (Å²) in [6.07, 6.45) is 1.30. The molecule has 6 nitrogen and oxygen atoms in total. The summed E-state index contributed by atoms with van der Waals surface area (Å²) in [4.78, 5) is 8.84. The minimum absolute atomic E-state index is 0.262. The molecule has 0 fully saturated rings. The van der Waals surface area contributed by atoms with Crippen molar-refractivity contribution in [2.45, 2.75) is 19.3 Å². The van der Waals surface area contributed by atoms with Crippen molar-refractivity contribution in [2.24, 2.45) is 0 Å². The number of hydrogen-bond donors (Lipinski definition) is 0. The maximum absolute atomic E-state index is 14.1. The van der Waals surface area contributed by atoms with Crippen molar-refractivity contribution in [3.63, 3.8) is 0 Å². The van der Waals surface area contributed by atoms with E-state index in [0.29, 0.717) is 34.2 Å². The zero-order valence-electron chi connectivity index (χ0n) is 14.5. The van der Waals surface area contributed by atoms with Gasteiger partial charge in [0, 0.05) is 11.1 Å². The number of hydrogen-bond acceptors (Lipinski definition) is 5. The molecule has 1 aliphatic heterocycles. The Balaban J connectivity index is 1.45. The van der Waals surface area contributed by atoms with Crippen LogP contribution in [0.5, 0.6) is 0 Å². The molecule has 0 saturated carbocycles. The Morgan fingerprint density at radius 1 is 1.11 bits per heavy atom.